The smallest absolute Gasteiger partial charge is 0.220 e. The predicted octanol–water partition coefficient (Wildman–Crippen LogP) is 2.78. The van der Waals surface area contributed by atoms with Gasteiger partial charge in [-0.05, 0) is 24.8 Å². The lowest BCUT2D eigenvalue weighted by molar-refractivity contribution is -0.121. The number of hydrogen-bond donors (Lipinski definition) is 2. The average Bonchev–Trinajstić information content (AvgIpc) is 2.91. The van der Waals surface area contributed by atoms with Gasteiger partial charge in [-0.2, -0.15) is 5.10 Å². The van der Waals surface area contributed by atoms with E-state index < -0.39 is 0 Å². The van der Waals surface area contributed by atoms with Crippen molar-refractivity contribution in [3.05, 3.63) is 18.0 Å². The Bertz CT molecular complexity index is 342. The molecule has 0 radical (unpaired) electrons. The molecule has 1 amide bonds. The van der Waals surface area contributed by atoms with Gasteiger partial charge in [0.05, 0.1) is 12.2 Å². The number of aromatic nitrogens is 2. The lowest BCUT2D eigenvalue weighted by Gasteiger charge is -2.21. The first-order valence-electron chi connectivity index (χ1n) is 7.09. The zero-order valence-corrected chi connectivity index (χ0v) is 11.0. The number of amides is 1. The molecule has 1 aliphatic carbocycles. The first kappa shape index (κ1) is 13.1. The second kappa shape index (κ2) is 7.19. The molecule has 1 saturated carbocycles. The number of nitrogens with zero attached hydrogens (tertiary/aromatic N) is 1. The molecule has 2 N–H and O–H groups in total. The molecule has 0 spiro atoms. The fourth-order valence-corrected chi connectivity index (χ4v) is 2.69. The molecular formula is C14H23N3O. The zero-order chi connectivity index (χ0) is 12.6. The summed E-state index contributed by atoms with van der Waals surface area (Å²) >= 11 is 0. The van der Waals surface area contributed by atoms with E-state index in [-0.39, 0.29) is 5.91 Å². The molecule has 0 saturated heterocycles. The van der Waals surface area contributed by atoms with Crippen molar-refractivity contribution in [2.45, 2.75) is 57.9 Å². The monoisotopic (exact) mass is 249 g/mol. The lowest BCUT2D eigenvalue weighted by atomic mass is 9.86. The Labute approximate surface area is 109 Å². The molecule has 2 rings (SSSR count). The minimum Gasteiger partial charge on any atom is -0.350 e. The molecule has 0 bridgehead atoms. The molecule has 4 heteroatoms. The van der Waals surface area contributed by atoms with Crippen molar-refractivity contribution in [1.82, 2.24) is 15.5 Å². The van der Waals surface area contributed by atoms with Crippen LogP contribution in [-0.4, -0.2) is 16.1 Å². The Hall–Kier alpha value is -1.32. The largest absolute Gasteiger partial charge is 0.350 e. The molecule has 4 nitrogen and oxygen atoms in total. The highest BCUT2D eigenvalue weighted by Crippen LogP contribution is 2.27. The van der Waals surface area contributed by atoms with Gasteiger partial charge in [0.1, 0.15) is 0 Å². The summed E-state index contributed by atoms with van der Waals surface area (Å²) in [6.07, 6.45) is 11.5. The van der Waals surface area contributed by atoms with E-state index in [0.717, 1.165) is 18.0 Å². The van der Waals surface area contributed by atoms with E-state index in [1.807, 2.05) is 6.07 Å². The number of carbonyl (C=O) groups excluding carboxylic acids is 1. The van der Waals surface area contributed by atoms with E-state index >= 15 is 0 Å². The van der Waals surface area contributed by atoms with Crippen LogP contribution in [0.3, 0.4) is 0 Å². The van der Waals surface area contributed by atoms with Crippen LogP contribution >= 0.6 is 0 Å². The van der Waals surface area contributed by atoms with Crippen LogP contribution in [0.2, 0.25) is 0 Å². The third kappa shape index (κ3) is 4.51. The summed E-state index contributed by atoms with van der Waals surface area (Å²) in [7, 11) is 0. The van der Waals surface area contributed by atoms with Crippen molar-refractivity contribution in [3.63, 3.8) is 0 Å². The van der Waals surface area contributed by atoms with Gasteiger partial charge in [-0.15, -0.1) is 0 Å². The van der Waals surface area contributed by atoms with Crippen LogP contribution < -0.4 is 5.32 Å². The normalized spacial score (nSPS) is 16.7. The Balaban J connectivity index is 1.54. The van der Waals surface area contributed by atoms with E-state index in [9.17, 15) is 4.79 Å². The Morgan fingerprint density at radius 3 is 2.94 bits per heavy atom. The maximum atomic E-state index is 11.6. The number of hydrogen-bond acceptors (Lipinski definition) is 2. The first-order chi connectivity index (χ1) is 8.84. The Morgan fingerprint density at radius 1 is 1.39 bits per heavy atom. The molecule has 1 aromatic rings. The van der Waals surface area contributed by atoms with Crippen molar-refractivity contribution < 1.29 is 4.79 Å². The highest BCUT2D eigenvalue weighted by Gasteiger charge is 2.13. The first-order valence-corrected chi connectivity index (χ1v) is 7.09. The van der Waals surface area contributed by atoms with Crippen molar-refractivity contribution in [3.8, 4) is 0 Å². The predicted molar refractivity (Wildman–Crippen MR) is 70.9 cm³/mol. The van der Waals surface area contributed by atoms with Crippen LogP contribution in [0.25, 0.3) is 0 Å². The number of carbonyl (C=O) groups is 1. The highest BCUT2D eigenvalue weighted by molar-refractivity contribution is 5.75. The molecule has 18 heavy (non-hydrogen) atoms. The van der Waals surface area contributed by atoms with E-state index in [4.69, 9.17) is 0 Å². The van der Waals surface area contributed by atoms with Crippen LogP contribution in [0.4, 0.5) is 0 Å². The number of H-pyrrole nitrogens is 1. The van der Waals surface area contributed by atoms with Crippen molar-refractivity contribution in [2.75, 3.05) is 0 Å². The van der Waals surface area contributed by atoms with Gasteiger partial charge in [-0.1, -0.05) is 32.1 Å². The topological polar surface area (TPSA) is 57.8 Å². The quantitative estimate of drug-likeness (QED) is 0.814. The summed E-state index contributed by atoms with van der Waals surface area (Å²) in [6.45, 7) is 0.558. The van der Waals surface area contributed by atoms with Gasteiger partial charge in [0, 0.05) is 12.6 Å². The van der Waals surface area contributed by atoms with Gasteiger partial charge in [0.25, 0.3) is 0 Å². The summed E-state index contributed by atoms with van der Waals surface area (Å²) < 4.78 is 0. The van der Waals surface area contributed by atoms with Crippen LogP contribution in [-0.2, 0) is 11.3 Å². The Kier molecular flexibility index (Phi) is 5.24. The maximum Gasteiger partial charge on any atom is 0.220 e. The van der Waals surface area contributed by atoms with E-state index in [1.165, 1.54) is 38.5 Å². The molecule has 0 aromatic carbocycles. The fraction of sp³-hybridized carbons (Fsp3) is 0.714. The maximum absolute atomic E-state index is 11.6. The van der Waals surface area contributed by atoms with Gasteiger partial charge in [0.2, 0.25) is 5.91 Å². The van der Waals surface area contributed by atoms with Gasteiger partial charge >= 0.3 is 0 Å². The van der Waals surface area contributed by atoms with Gasteiger partial charge < -0.3 is 5.32 Å². The molecular weight excluding hydrogens is 226 g/mol. The second-order valence-electron chi connectivity index (χ2n) is 5.25. The molecule has 0 aliphatic heterocycles. The highest BCUT2D eigenvalue weighted by atomic mass is 16.1. The van der Waals surface area contributed by atoms with Crippen LogP contribution in [0.5, 0.6) is 0 Å². The standard InChI is InChI=1S/C14H23N3O/c18-14(15-11-13-9-10-16-17-13)8-4-7-12-5-2-1-3-6-12/h9-10,12H,1-8,11H2,(H,15,18)(H,16,17). The number of nitrogens with one attached hydrogen (secondary N) is 2. The fourth-order valence-electron chi connectivity index (χ4n) is 2.69. The van der Waals surface area contributed by atoms with Crippen LogP contribution in [0, 0.1) is 5.92 Å². The van der Waals surface area contributed by atoms with Gasteiger partial charge in [0.15, 0.2) is 0 Å². The van der Waals surface area contributed by atoms with Crippen LogP contribution in [0.15, 0.2) is 12.3 Å². The average molecular weight is 249 g/mol. The summed E-state index contributed by atoms with van der Waals surface area (Å²) in [6, 6.07) is 1.88. The molecule has 0 unspecified atom stereocenters. The minimum atomic E-state index is 0.153. The number of aromatic amines is 1. The molecule has 100 valence electrons. The van der Waals surface area contributed by atoms with Gasteiger partial charge in [-0.25, -0.2) is 0 Å². The molecule has 1 aromatic heterocycles. The summed E-state index contributed by atoms with van der Waals surface area (Å²) in [5.41, 5.74) is 0.954. The molecule has 1 fully saturated rings. The SMILES string of the molecule is O=C(CCCC1CCCCC1)NCc1ccn[nH]1. The molecule has 0 atom stereocenters. The zero-order valence-electron chi connectivity index (χ0n) is 11.0. The van der Waals surface area contributed by atoms with Crippen molar-refractivity contribution in [1.29, 1.82) is 0 Å². The van der Waals surface area contributed by atoms with Crippen molar-refractivity contribution in [2.24, 2.45) is 5.92 Å². The molecule has 1 heterocycles. The van der Waals surface area contributed by atoms with Gasteiger partial charge in [-0.3, -0.25) is 9.89 Å². The lowest BCUT2D eigenvalue weighted by Crippen LogP contribution is -2.22. The Morgan fingerprint density at radius 2 is 2.22 bits per heavy atom. The second-order valence-corrected chi connectivity index (χ2v) is 5.25. The third-order valence-electron chi connectivity index (χ3n) is 3.78. The minimum absolute atomic E-state index is 0.153. The summed E-state index contributed by atoms with van der Waals surface area (Å²) in [5.74, 6) is 1.03. The summed E-state index contributed by atoms with van der Waals surface area (Å²) in [4.78, 5) is 11.6. The van der Waals surface area contributed by atoms with Crippen LogP contribution in [0.1, 0.15) is 57.1 Å². The van der Waals surface area contributed by atoms with E-state index in [0.29, 0.717) is 13.0 Å². The summed E-state index contributed by atoms with van der Waals surface area (Å²) in [5, 5.41) is 9.60. The number of rotatable bonds is 6. The van der Waals surface area contributed by atoms with Crippen molar-refractivity contribution >= 4 is 5.91 Å². The molecule has 1 aliphatic rings. The van der Waals surface area contributed by atoms with E-state index in [1.54, 1.807) is 6.20 Å². The van der Waals surface area contributed by atoms with E-state index in [2.05, 4.69) is 15.5 Å². The third-order valence-corrected chi connectivity index (χ3v) is 3.78.